The SMILES string of the molecule is CN1CC(C)(C)C=c2c1ccc1c2=Nc2ccccc2-1. The molecule has 0 unspecified atom stereocenters. The van der Waals surface area contributed by atoms with E-state index in [9.17, 15) is 0 Å². The smallest absolute Gasteiger partial charge is 0.0806 e. The van der Waals surface area contributed by atoms with Crippen molar-refractivity contribution in [2.24, 2.45) is 10.4 Å². The Morgan fingerprint density at radius 1 is 1.05 bits per heavy atom. The summed E-state index contributed by atoms with van der Waals surface area (Å²) in [7, 11) is 2.17. The van der Waals surface area contributed by atoms with Gasteiger partial charge in [0.2, 0.25) is 0 Å². The Hall–Kier alpha value is -2.09. The van der Waals surface area contributed by atoms with E-state index in [0.29, 0.717) is 0 Å². The van der Waals surface area contributed by atoms with Gasteiger partial charge in [0.05, 0.1) is 11.0 Å². The fourth-order valence-corrected chi connectivity index (χ4v) is 3.46. The Bertz CT molecular complexity index is 831. The van der Waals surface area contributed by atoms with Crippen LogP contribution in [-0.2, 0) is 0 Å². The van der Waals surface area contributed by atoms with E-state index in [1.807, 2.05) is 0 Å². The van der Waals surface area contributed by atoms with Crippen LogP contribution in [-0.4, -0.2) is 13.6 Å². The van der Waals surface area contributed by atoms with Crippen LogP contribution in [0.3, 0.4) is 0 Å². The molecule has 0 aliphatic carbocycles. The molecule has 0 saturated heterocycles. The van der Waals surface area contributed by atoms with Gasteiger partial charge in [0.1, 0.15) is 0 Å². The average molecular weight is 262 g/mol. The molecule has 0 spiro atoms. The molecule has 2 heteroatoms. The van der Waals surface area contributed by atoms with Crippen molar-refractivity contribution in [2.45, 2.75) is 13.8 Å². The van der Waals surface area contributed by atoms with Crippen molar-refractivity contribution in [3.63, 3.8) is 0 Å². The summed E-state index contributed by atoms with van der Waals surface area (Å²) >= 11 is 0. The number of para-hydroxylation sites is 1. The largest absolute Gasteiger partial charge is 0.373 e. The third-order valence-electron chi connectivity index (χ3n) is 4.21. The quantitative estimate of drug-likeness (QED) is 0.608. The highest BCUT2D eigenvalue weighted by molar-refractivity contribution is 5.81. The van der Waals surface area contributed by atoms with Crippen molar-refractivity contribution in [1.82, 2.24) is 0 Å². The Morgan fingerprint density at radius 2 is 1.85 bits per heavy atom. The standard InChI is InChI=1S/C18H18N2/c1-18(2)10-14-16(20(3)11-18)9-8-13-12-6-4-5-7-15(12)19-17(13)14/h4-10H,11H2,1-3H3. The molecule has 0 N–H and O–H groups in total. The summed E-state index contributed by atoms with van der Waals surface area (Å²) in [5, 5.41) is 2.43. The number of fused-ring (bicyclic) bond motifs is 5. The minimum Gasteiger partial charge on any atom is -0.373 e. The summed E-state index contributed by atoms with van der Waals surface area (Å²) in [6.07, 6.45) is 2.39. The molecule has 2 nitrogen and oxygen atoms in total. The van der Waals surface area contributed by atoms with Gasteiger partial charge in [0, 0.05) is 41.0 Å². The van der Waals surface area contributed by atoms with Gasteiger partial charge in [-0.15, -0.1) is 0 Å². The van der Waals surface area contributed by atoms with Crippen LogP contribution in [0, 0.1) is 5.41 Å². The molecule has 0 aromatic heterocycles. The van der Waals surface area contributed by atoms with Crippen molar-refractivity contribution in [1.29, 1.82) is 0 Å². The first-order valence-electron chi connectivity index (χ1n) is 7.10. The van der Waals surface area contributed by atoms with Crippen LogP contribution < -0.4 is 15.5 Å². The number of hydrogen-bond donors (Lipinski definition) is 0. The van der Waals surface area contributed by atoms with E-state index in [1.54, 1.807) is 0 Å². The first-order chi connectivity index (χ1) is 9.55. The van der Waals surface area contributed by atoms with Crippen molar-refractivity contribution in [2.75, 3.05) is 18.5 Å². The second kappa shape index (κ2) is 3.72. The van der Waals surface area contributed by atoms with E-state index in [1.165, 1.54) is 22.0 Å². The molecular formula is C18H18N2. The van der Waals surface area contributed by atoms with Crippen LogP contribution in [0.25, 0.3) is 17.2 Å². The van der Waals surface area contributed by atoms with Crippen LogP contribution in [0.4, 0.5) is 11.4 Å². The van der Waals surface area contributed by atoms with Crippen LogP contribution in [0.2, 0.25) is 0 Å². The van der Waals surface area contributed by atoms with Gasteiger partial charge in [0.25, 0.3) is 0 Å². The van der Waals surface area contributed by atoms with Crippen LogP contribution in [0.5, 0.6) is 0 Å². The topological polar surface area (TPSA) is 15.6 Å². The minimum atomic E-state index is 0.182. The van der Waals surface area contributed by atoms with Crippen molar-refractivity contribution >= 4 is 17.5 Å². The molecule has 0 saturated carbocycles. The lowest BCUT2D eigenvalue weighted by molar-refractivity contribution is 0.506. The fraction of sp³-hybridized carbons (Fsp3) is 0.278. The second-order valence-electron chi connectivity index (χ2n) is 6.51. The Kier molecular flexibility index (Phi) is 2.18. The van der Waals surface area contributed by atoms with Crippen LogP contribution in [0.1, 0.15) is 13.8 Å². The van der Waals surface area contributed by atoms with Crippen LogP contribution in [0.15, 0.2) is 41.4 Å². The zero-order chi connectivity index (χ0) is 13.9. The maximum Gasteiger partial charge on any atom is 0.0806 e. The summed E-state index contributed by atoms with van der Waals surface area (Å²) in [6.45, 7) is 5.62. The van der Waals surface area contributed by atoms with Crippen molar-refractivity contribution < 1.29 is 0 Å². The van der Waals surface area contributed by atoms with Crippen molar-refractivity contribution in [3.05, 3.63) is 47.0 Å². The highest BCUT2D eigenvalue weighted by Gasteiger charge is 2.25. The Balaban J connectivity index is 2.11. The zero-order valence-corrected chi connectivity index (χ0v) is 12.1. The zero-order valence-electron chi connectivity index (χ0n) is 12.1. The molecule has 0 radical (unpaired) electrons. The van der Waals surface area contributed by atoms with Gasteiger partial charge in [-0.3, -0.25) is 0 Å². The molecule has 2 aliphatic rings. The summed E-state index contributed by atoms with van der Waals surface area (Å²) in [6, 6.07) is 12.8. The molecule has 4 rings (SSSR count). The molecule has 0 fully saturated rings. The maximum absolute atomic E-state index is 4.87. The molecule has 100 valence electrons. The van der Waals surface area contributed by atoms with Gasteiger partial charge < -0.3 is 4.90 Å². The highest BCUT2D eigenvalue weighted by Crippen LogP contribution is 2.33. The molecular weight excluding hydrogens is 244 g/mol. The lowest BCUT2D eigenvalue weighted by atomic mass is 9.87. The van der Waals surface area contributed by atoms with Gasteiger partial charge in [0.15, 0.2) is 0 Å². The van der Waals surface area contributed by atoms with Gasteiger partial charge in [-0.05, 0) is 12.1 Å². The number of rotatable bonds is 0. The molecule has 2 aromatic carbocycles. The Morgan fingerprint density at radius 3 is 2.70 bits per heavy atom. The van der Waals surface area contributed by atoms with Crippen molar-refractivity contribution in [3.8, 4) is 11.1 Å². The molecule has 0 amide bonds. The Labute approximate surface area is 119 Å². The first kappa shape index (κ1) is 11.7. The third kappa shape index (κ3) is 1.54. The second-order valence-corrected chi connectivity index (χ2v) is 6.51. The lowest BCUT2D eigenvalue weighted by Crippen LogP contribution is -2.43. The van der Waals surface area contributed by atoms with E-state index < -0.39 is 0 Å². The fourth-order valence-electron chi connectivity index (χ4n) is 3.46. The minimum absolute atomic E-state index is 0.182. The van der Waals surface area contributed by atoms with Gasteiger partial charge in [-0.1, -0.05) is 44.2 Å². The number of hydrogen-bond acceptors (Lipinski definition) is 2. The van der Waals surface area contributed by atoms with E-state index >= 15 is 0 Å². The number of nitrogens with zero attached hydrogens (tertiary/aromatic N) is 2. The molecule has 0 bridgehead atoms. The monoisotopic (exact) mass is 262 g/mol. The first-order valence-corrected chi connectivity index (χ1v) is 7.10. The summed E-state index contributed by atoms with van der Waals surface area (Å²) < 4.78 is 0. The van der Waals surface area contributed by atoms with Gasteiger partial charge in [-0.25, -0.2) is 4.99 Å². The lowest BCUT2D eigenvalue weighted by Gasteiger charge is -2.34. The van der Waals surface area contributed by atoms with Crippen LogP contribution >= 0.6 is 0 Å². The predicted molar refractivity (Wildman–Crippen MR) is 83.8 cm³/mol. The average Bonchev–Trinajstić information content (AvgIpc) is 2.76. The predicted octanol–water partition coefficient (Wildman–Crippen LogP) is 2.87. The molecule has 2 heterocycles. The molecule has 2 aromatic rings. The summed E-state index contributed by atoms with van der Waals surface area (Å²) in [4.78, 5) is 7.21. The number of benzene rings is 2. The molecule has 20 heavy (non-hydrogen) atoms. The third-order valence-corrected chi connectivity index (χ3v) is 4.21. The van der Waals surface area contributed by atoms with E-state index in [4.69, 9.17) is 4.99 Å². The van der Waals surface area contributed by atoms with Gasteiger partial charge >= 0.3 is 0 Å². The van der Waals surface area contributed by atoms with E-state index in [2.05, 4.69) is 68.3 Å². The van der Waals surface area contributed by atoms with E-state index in [0.717, 1.165) is 17.6 Å². The maximum atomic E-state index is 4.87. The summed E-state index contributed by atoms with van der Waals surface area (Å²) in [5.41, 5.74) is 5.09. The molecule has 2 aliphatic heterocycles. The molecule has 0 atom stereocenters. The number of anilines is 1. The van der Waals surface area contributed by atoms with Gasteiger partial charge in [-0.2, -0.15) is 0 Å². The van der Waals surface area contributed by atoms with E-state index in [-0.39, 0.29) is 5.41 Å². The normalized spacial score (nSPS) is 17.6. The summed E-state index contributed by atoms with van der Waals surface area (Å²) in [5.74, 6) is 0. The highest BCUT2D eigenvalue weighted by atomic mass is 15.1.